The molecule has 1 aliphatic heterocycles. The van der Waals surface area contributed by atoms with Crippen LogP contribution < -0.4 is 4.90 Å². The second-order valence-electron chi connectivity index (χ2n) is 7.04. The van der Waals surface area contributed by atoms with Crippen LogP contribution in [0, 0.1) is 11.8 Å². The molecule has 0 spiro atoms. The number of rotatable bonds is 3. The normalized spacial score (nSPS) is 24.0. The van der Waals surface area contributed by atoms with Crippen molar-refractivity contribution in [2.45, 2.75) is 25.7 Å². The first-order valence-corrected chi connectivity index (χ1v) is 9.96. The first-order valence-electron chi connectivity index (χ1n) is 9.08. The van der Waals surface area contributed by atoms with Gasteiger partial charge < -0.3 is 14.9 Å². The number of hydrogen-bond donors (Lipinski definition) is 1. The van der Waals surface area contributed by atoms with Gasteiger partial charge in [0.05, 0.1) is 16.1 Å². The molecule has 2 fully saturated rings. The SMILES string of the molecule is O=C(O)C1CCCC(C(=O)N2CCN(c3ncnc4ccsc34)CC2)C1. The van der Waals surface area contributed by atoms with Gasteiger partial charge in [0.15, 0.2) is 0 Å². The lowest BCUT2D eigenvalue weighted by Gasteiger charge is -2.38. The van der Waals surface area contributed by atoms with E-state index in [1.54, 1.807) is 17.7 Å². The lowest BCUT2D eigenvalue weighted by molar-refractivity contribution is -0.145. The fourth-order valence-corrected chi connectivity index (χ4v) is 4.90. The van der Waals surface area contributed by atoms with Crippen LogP contribution in [0.15, 0.2) is 17.8 Å². The van der Waals surface area contributed by atoms with E-state index in [4.69, 9.17) is 0 Å². The quantitative estimate of drug-likeness (QED) is 0.887. The Bertz CT molecular complexity index is 816. The largest absolute Gasteiger partial charge is 0.481 e. The summed E-state index contributed by atoms with van der Waals surface area (Å²) in [5.41, 5.74) is 0.959. The lowest BCUT2D eigenvalue weighted by atomic mass is 9.80. The van der Waals surface area contributed by atoms with Gasteiger partial charge in [0.2, 0.25) is 5.91 Å². The number of piperazine rings is 1. The van der Waals surface area contributed by atoms with Crippen LogP contribution >= 0.6 is 11.3 Å². The monoisotopic (exact) mass is 374 g/mol. The van der Waals surface area contributed by atoms with Crippen LogP contribution in [-0.4, -0.2) is 58.0 Å². The van der Waals surface area contributed by atoms with Crippen LogP contribution in [-0.2, 0) is 9.59 Å². The van der Waals surface area contributed by atoms with Crippen molar-refractivity contribution in [2.75, 3.05) is 31.1 Å². The maximum absolute atomic E-state index is 12.8. The summed E-state index contributed by atoms with van der Waals surface area (Å²) in [5.74, 6) is -0.206. The standard InChI is InChI=1S/C18H22N4O3S/c23-17(12-2-1-3-13(10-12)18(24)25)22-7-5-21(6-8-22)16-15-14(4-9-26-15)19-11-20-16/h4,9,11-13H,1-3,5-8,10H2,(H,24,25). The van der Waals surface area contributed by atoms with Crippen molar-refractivity contribution in [3.8, 4) is 0 Å². The average Bonchev–Trinajstić information content (AvgIpc) is 3.16. The van der Waals surface area contributed by atoms with E-state index in [0.717, 1.165) is 42.0 Å². The summed E-state index contributed by atoms with van der Waals surface area (Å²) < 4.78 is 1.09. The van der Waals surface area contributed by atoms with Crippen molar-refractivity contribution in [3.63, 3.8) is 0 Å². The van der Waals surface area contributed by atoms with Gasteiger partial charge in [-0.25, -0.2) is 9.97 Å². The van der Waals surface area contributed by atoms with E-state index in [1.165, 1.54) is 0 Å². The number of aliphatic carboxylic acids is 1. The van der Waals surface area contributed by atoms with E-state index < -0.39 is 5.97 Å². The first-order chi connectivity index (χ1) is 12.6. The number of fused-ring (bicyclic) bond motifs is 1. The van der Waals surface area contributed by atoms with Crippen LogP contribution in [0.4, 0.5) is 5.82 Å². The van der Waals surface area contributed by atoms with E-state index in [1.807, 2.05) is 16.3 Å². The molecule has 1 saturated heterocycles. The number of nitrogens with zero attached hydrogens (tertiary/aromatic N) is 4. The zero-order valence-electron chi connectivity index (χ0n) is 14.5. The van der Waals surface area contributed by atoms with E-state index in [9.17, 15) is 14.7 Å². The Kier molecular flexibility index (Phi) is 4.76. The fraction of sp³-hybridized carbons (Fsp3) is 0.556. The Morgan fingerprint density at radius 3 is 2.65 bits per heavy atom. The topological polar surface area (TPSA) is 86.6 Å². The molecular formula is C18H22N4O3S. The summed E-state index contributed by atoms with van der Waals surface area (Å²) in [5, 5.41) is 11.3. The number of carboxylic acids is 1. The Balaban J connectivity index is 1.39. The highest BCUT2D eigenvalue weighted by Crippen LogP contribution is 2.32. The summed E-state index contributed by atoms with van der Waals surface area (Å²) >= 11 is 1.64. The number of carboxylic acid groups (broad SMARTS) is 1. The van der Waals surface area contributed by atoms with Crippen LogP contribution in [0.25, 0.3) is 10.2 Å². The maximum atomic E-state index is 12.8. The van der Waals surface area contributed by atoms with E-state index in [-0.39, 0.29) is 17.7 Å². The molecule has 2 aromatic heterocycles. The van der Waals surface area contributed by atoms with Crippen LogP contribution in [0.3, 0.4) is 0 Å². The van der Waals surface area contributed by atoms with Crippen molar-refractivity contribution in [1.29, 1.82) is 0 Å². The number of amides is 1. The minimum atomic E-state index is -0.768. The molecule has 3 heterocycles. The number of carbonyl (C=O) groups excluding carboxylic acids is 1. The number of aromatic nitrogens is 2. The van der Waals surface area contributed by atoms with Crippen molar-refractivity contribution >= 4 is 39.2 Å². The van der Waals surface area contributed by atoms with E-state index >= 15 is 0 Å². The third kappa shape index (κ3) is 3.25. The lowest BCUT2D eigenvalue weighted by Crippen LogP contribution is -2.51. The van der Waals surface area contributed by atoms with Crippen molar-refractivity contribution in [2.24, 2.45) is 11.8 Å². The predicted octanol–water partition coefficient (Wildman–Crippen LogP) is 2.23. The van der Waals surface area contributed by atoms with E-state index in [2.05, 4.69) is 14.9 Å². The number of anilines is 1. The maximum Gasteiger partial charge on any atom is 0.306 e. The molecule has 1 amide bonds. The van der Waals surface area contributed by atoms with Crippen LogP contribution in [0.5, 0.6) is 0 Å². The van der Waals surface area contributed by atoms with Gasteiger partial charge in [-0.15, -0.1) is 11.3 Å². The average molecular weight is 374 g/mol. The van der Waals surface area contributed by atoms with Gasteiger partial charge in [0.25, 0.3) is 0 Å². The van der Waals surface area contributed by atoms with Crippen molar-refractivity contribution in [1.82, 2.24) is 14.9 Å². The summed E-state index contributed by atoms with van der Waals surface area (Å²) in [6.45, 7) is 2.80. The molecule has 138 valence electrons. The van der Waals surface area contributed by atoms with Crippen LogP contribution in [0.2, 0.25) is 0 Å². The second-order valence-corrected chi connectivity index (χ2v) is 7.96. The summed E-state index contributed by atoms with van der Waals surface area (Å²) in [6, 6.07) is 1.99. The van der Waals surface area contributed by atoms with Gasteiger partial charge in [0.1, 0.15) is 12.1 Å². The van der Waals surface area contributed by atoms with Gasteiger partial charge in [-0.3, -0.25) is 9.59 Å². The first kappa shape index (κ1) is 17.2. The van der Waals surface area contributed by atoms with Crippen molar-refractivity contribution < 1.29 is 14.7 Å². The van der Waals surface area contributed by atoms with Gasteiger partial charge in [0, 0.05) is 32.1 Å². The molecule has 0 bridgehead atoms. The molecule has 1 saturated carbocycles. The molecule has 4 rings (SSSR count). The number of hydrogen-bond acceptors (Lipinski definition) is 6. The fourth-order valence-electron chi connectivity index (χ4n) is 4.04. The molecular weight excluding hydrogens is 352 g/mol. The zero-order valence-corrected chi connectivity index (χ0v) is 15.3. The minimum absolute atomic E-state index is 0.125. The minimum Gasteiger partial charge on any atom is -0.481 e. The molecule has 26 heavy (non-hydrogen) atoms. The molecule has 2 aromatic rings. The van der Waals surface area contributed by atoms with Gasteiger partial charge in [-0.1, -0.05) is 6.42 Å². The molecule has 7 nitrogen and oxygen atoms in total. The predicted molar refractivity (Wildman–Crippen MR) is 99.3 cm³/mol. The van der Waals surface area contributed by atoms with Gasteiger partial charge >= 0.3 is 5.97 Å². The van der Waals surface area contributed by atoms with Gasteiger partial charge in [-0.2, -0.15) is 0 Å². The highest BCUT2D eigenvalue weighted by molar-refractivity contribution is 7.17. The smallest absolute Gasteiger partial charge is 0.306 e. The zero-order chi connectivity index (χ0) is 18.1. The van der Waals surface area contributed by atoms with Crippen LogP contribution in [0.1, 0.15) is 25.7 Å². The Morgan fingerprint density at radius 1 is 1.12 bits per heavy atom. The molecule has 0 radical (unpaired) electrons. The van der Waals surface area contributed by atoms with E-state index in [0.29, 0.717) is 25.9 Å². The molecule has 8 heteroatoms. The third-order valence-corrected chi connectivity index (χ3v) is 6.39. The molecule has 2 unspecified atom stereocenters. The molecule has 1 N–H and O–H groups in total. The Morgan fingerprint density at radius 2 is 1.88 bits per heavy atom. The molecule has 0 aromatic carbocycles. The second kappa shape index (κ2) is 7.19. The molecule has 2 aliphatic rings. The Labute approximate surface area is 155 Å². The third-order valence-electron chi connectivity index (χ3n) is 5.49. The Hall–Kier alpha value is -2.22. The van der Waals surface area contributed by atoms with Gasteiger partial charge in [-0.05, 0) is 30.7 Å². The summed E-state index contributed by atoms with van der Waals surface area (Å²) in [6.07, 6.45) is 4.40. The molecule has 2 atom stereocenters. The molecule has 1 aliphatic carbocycles. The van der Waals surface area contributed by atoms with Crippen molar-refractivity contribution in [3.05, 3.63) is 17.8 Å². The highest BCUT2D eigenvalue weighted by Gasteiger charge is 2.34. The highest BCUT2D eigenvalue weighted by atomic mass is 32.1. The number of thiophene rings is 1. The number of carbonyl (C=O) groups is 2. The summed E-state index contributed by atoms with van der Waals surface area (Å²) in [4.78, 5) is 36.9. The summed E-state index contributed by atoms with van der Waals surface area (Å²) in [7, 11) is 0.